The minimum Gasteiger partial charge on any atom is -0.496 e. The molecule has 12 heteroatoms. The average Bonchev–Trinajstić information content (AvgIpc) is 3.42. The summed E-state index contributed by atoms with van der Waals surface area (Å²) in [6.45, 7) is 6.44. The van der Waals surface area contributed by atoms with Crippen LogP contribution in [0.25, 0.3) is 10.9 Å². The Morgan fingerprint density at radius 1 is 1.26 bits per heavy atom. The molecular weight excluding hydrogens is 474 g/mol. The summed E-state index contributed by atoms with van der Waals surface area (Å²) in [6.07, 6.45) is 1.68. The molecule has 0 spiro atoms. The molecule has 35 heavy (non-hydrogen) atoms. The number of fused-ring (bicyclic) bond motifs is 1. The van der Waals surface area contributed by atoms with Crippen LogP contribution < -0.4 is 20.8 Å². The van der Waals surface area contributed by atoms with Gasteiger partial charge in [-0.25, -0.2) is 9.22 Å². The van der Waals surface area contributed by atoms with Gasteiger partial charge in [-0.15, -0.1) is 0 Å². The van der Waals surface area contributed by atoms with Crippen LogP contribution in [-0.2, 0) is 20.4 Å². The summed E-state index contributed by atoms with van der Waals surface area (Å²) >= 11 is 0. The minimum atomic E-state index is -1.89. The van der Waals surface area contributed by atoms with Crippen molar-refractivity contribution in [1.29, 1.82) is 0 Å². The van der Waals surface area contributed by atoms with Crippen LogP contribution >= 0.6 is 0 Å². The van der Waals surface area contributed by atoms with Gasteiger partial charge in [0.15, 0.2) is 0 Å². The molecule has 1 unspecified atom stereocenters. The average molecular weight is 508 g/mol. The van der Waals surface area contributed by atoms with Crippen molar-refractivity contribution in [3.8, 4) is 5.75 Å². The summed E-state index contributed by atoms with van der Waals surface area (Å²) in [5.74, 6) is -0.539. The highest BCUT2D eigenvalue weighted by Gasteiger charge is 2.30. The van der Waals surface area contributed by atoms with Gasteiger partial charge in [-0.1, -0.05) is 26.8 Å². The van der Waals surface area contributed by atoms with E-state index in [2.05, 4.69) is 41.8 Å². The van der Waals surface area contributed by atoms with E-state index in [4.69, 9.17) is 4.74 Å². The number of rotatable bonds is 6. The first kappa shape index (κ1) is 27.8. The maximum absolute atomic E-state index is 12.4. The molecular formula is C23H33N5O6S. The molecule has 0 bridgehead atoms. The van der Waals surface area contributed by atoms with E-state index in [1.807, 2.05) is 0 Å². The summed E-state index contributed by atoms with van der Waals surface area (Å²) in [5, 5.41) is 5.85. The van der Waals surface area contributed by atoms with Crippen LogP contribution in [-0.4, -0.2) is 70.2 Å². The Kier molecular flexibility index (Phi) is 10.2. The number of carbonyl (C=O) groups excluding carboxylic acids is 4. The summed E-state index contributed by atoms with van der Waals surface area (Å²) in [4.78, 5) is 51.6. The number of methoxy groups -OCH3 is 1. The Labute approximate surface area is 206 Å². The number of aromatic nitrogens is 1. The molecule has 1 saturated heterocycles. The molecule has 4 amide bonds. The monoisotopic (exact) mass is 507 g/mol. The highest BCUT2D eigenvalue weighted by Crippen LogP contribution is 2.25. The van der Waals surface area contributed by atoms with E-state index in [1.54, 1.807) is 24.3 Å². The highest BCUT2D eigenvalue weighted by molar-refractivity contribution is 7.99. The predicted octanol–water partition coefficient (Wildman–Crippen LogP) is 1.54. The molecule has 3 rings (SSSR count). The van der Waals surface area contributed by atoms with Crippen molar-refractivity contribution in [3.63, 3.8) is 0 Å². The minimum absolute atomic E-state index is 0.105. The number of nitrogens with zero attached hydrogens (tertiary/aromatic N) is 1. The van der Waals surface area contributed by atoms with Crippen LogP contribution in [0.3, 0.4) is 0 Å². The Morgan fingerprint density at radius 3 is 2.51 bits per heavy atom. The molecule has 2 heterocycles. The van der Waals surface area contributed by atoms with Crippen molar-refractivity contribution in [2.75, 3.05) is 33.0 Å². The smallest absolute Gasteiger partial charge is 0.330 e. The summed E-state index contributed by atoms with van der Waals surface area (Å²) in [5.41, 5.74) is 3.26. The summed E-state index contributed by atoms with van der Waals surface area (Å²) in [7, 11) is -0.361. The number of H-pyrrole nitrogens is 1. The molecule has 1 aliphatic rings. The number of hydrogen-bond acceptors (Lipinski definition) is 6. The number of ether oxygens (including phenoxy) is 1. The summed E-state index contributed by atoms with van der Waals surface area (Å²) in [6, 6.07) is 6.94. The number of hydrazine groups is 1. The molecule has 1 aromatic heterocycles. The highest BCUT2D eigenvalue weighted by atomic mass is 32.2. The topological polar surface area (TPSA) is 150 Å². The standard InChI is InChI=1S/C19H23N5O6S.C4H10/c1-30-15-5-3-4-13-12(15)8-14(22-13)18(27)21-9-16(25)23-24(19(28)31(2)29)10-11-6-7-20-17(11)26;1-4(2)3/h3-5,8,11,22H,6-7,9-10H2,1-2H3,(H,20,26)(H,21,27)(H,23,25);4H,1-3H3/t11-,31?;/m0./s1. The molecule has 0 aliphatic carbocycles. The van der Waals surface area contributed by atoms with Crippen molar-refractivity contribution >= 4 is 44.7 Å². The number of carbonyl (C=O) groups is 4. The van der Waals surface area contributed by atoms with Gasteiger partial charge >= 0.3 is 5.24 Å². The van der Waals surface area contributed by atoms with Crippen LogP contribution in [0.1, 0.15) is 37.7 Å². The van der Waals surface area contributed by atoms with Crippen LogP contribution in [0.5, 0.6) is 5.75 Å². The molecule has 0 radical (unpaired) electrons. The predicted molar refractivity (Wildman–Crippen MR) is 133 cm³/mol. The van der Waals surface area contributed by atoms with Crippen LogP contribution in [0.2, 0.25) is 0 Å². The van der Waals surface area contributed by atoms with E-state index in [0.29, 0.717) is 24.2 Å². The van der Waals surface area contributed by atoms with E-state index >= 15 is 0 Å². The normalized spacial score (nSPS) is 15.6. The lowest BCUT2D eigenvalue weighted by molar-refractivity contribution is -0.126. The quantitative estimate of drug-likeness (QED) is 0.436. The zero-order valence-electron chi connectivity index (χ0n) is 20.6. The van der Waals surface area contributed by atoms with Gasteiger partial charge in [0.05, 0.1) is 26.1 Å². The van der Waals surface area contributed by atoms with Gasteiger partial charge < -0.3 is 20.4 Å². The fourth-order valence-corrected chi connectivity index (χ4v) is 3.66. The molecule has 192 valence electrons. The van der Waals surface area contributed by atoms with E-state index in [9.17, 15) is 23.4 Å². The third-order valence-corrected chi connectivity index (χ3v) is 5.50. The number of nitrogens with one attached hydrogen (secondary N) is 4. The van der Waals surface area contributed by atoms with Gasteiger partial charge in [-0.3, -0.25) is 24.6 Å². The first-order valence-corrected chi connectivity index (χ1v) is 12.7. The van der Waals surface area contributed by atoms with E-state index in [0.717, 1.165) is 16.3 Å². The lowest BCUT2D eigenvalue weighted by Gasteiger charge is -2.24. The van der Waals surface area contributed by atoms with Crippen LogP contribution in [0.4, 0.5) is 4.79 Å². The number of hydrogen-bond donors (Lipinski definition) is 4. The van der Waals surface area contributed by atoms with Gasteiger partial charge in [0.2, 0.25) is 5.91 Å². The first-order valence-electron chi connectivity index (χ1n) is 11.2. The SMILES string of the molecule is CC(C)C.COc1cccc2[nH]c(C(=O)NCC(=O)NN(C[C@@H]3CCNC3=O)C(=O)S(C)=O)cc12. The molecule has 2 aromatic rings. The third kappa shape index (κ3) is 8.09. The molecule has 1 aromatic carbocycles. The fraction of sp³-hybridized carbons (Fsp3) is 0.478. The van der Waals surface area contributed by atoms with Crippen molar-refractivity contribution < 1.29 is 28.1 Å². The Balaban J connectivity index is 0.00000100. The van der Waals surface area contributed by atoms with Gasteiger partial charge in [0.1, 0.15) is 22.2 Å². The number of amides is 4. The maximum atomic E-state index is 12.4. The Morgan fingerprint density at radius 2 is 1.94 bits per heavy atom. The first-order chi connectivity index (χ1) is 16.5. The molecule has 11 nitrogen and oxygen atoms in total. The zero-order chi connectivity index (χ0) is 26.1. The second-order valence-corrected chi connectivity index (χ2v) is 9.92. The van der Waals surface area contributed by atoms with Crippen molar-refractivity contribution in [1.82, 2.24) is 26.1 Å². The fourth-order valence-electron chi connectivity index (χ4n) is 3.23. The second-order valence-electron chi connectivity index (χ2n) is 8.66. The van der Waals surface area contributed by atoms with E-state index < -0.39 is 40.3 Å². The van der Waals surface area contributed by atoms with Gasteiger partial charge in [-0.05, 0) is 30.5 Å². The second kappa shape index (κ2) is 12.9. The van der Waals surface area contributed by atoms with Crippen molar-refractivity contribution in [2.24, 2.45) is 11.8 Å². The van der Waals surface area contributed by atoms with Gasteiger partial charge in [0, 0.05) is 23.7 Å². The lowest BCUT2D eigenvalue weighted by atomic mass is 10.1. The zero-order valence-corrected chi connectivity index (χ0v) is 21.4. The van der Waals surface area contributed by atoms with Gasteiger partial charge in [0.25, 0.3) is 11.8 Å². The largest absolute Gasteiger partial charge is 0.496 e. The lowest BCUT2D eigenvalue weighted by Crippen LogP contribution is -2.52. The molecule has 1 fully saturated rings. The van der Waals surface area contributed by atoms with Crippen LogP contribution in [0, 0.1) is 11.8 Å². The number of benzene rings is 1. The van der Waals surface area contributed by atoms with Crippen LogP contribution in [0.15, 0.2) is 24.3 Å². The van der Waals surface area contributed by atoms with Gasteiger partial charge in [-0.2, -0.15) is 0 Å². The third-order valence-electron chi connectivity index (χ3n) is 4.79. The molecule has 0 saturated carbocycles. The van der Waals surface area contributed by atoms with Crippen molar-refractivity contribution in [2.45, 2.75) is 27.2 Å². The van der Waals surface area contributed by atoms with E-state index in [1.165, 1.54) is 13.4 Å². The maximum Gasteiger partial charge on any atom is 0.330 e. The molecule has 2 atom stereocenters. The molecule has 4 N–H and O–H groups in total. The summed E-state index contributed by atoms with van der Waals surface area (Å²) < 4.78 is 16.9. The van der Waals surface area contributed by atoms with Crippen molar-refractivity contribution in [3.05, 3.63) is 30.0 Å². The van der Waals surface area contributed by atoms with E-state index in [-0.39, 0.29) is 18.1 Å². The molecule has 1 aliphatic heterocycles. The number of aromatic amines is 1. The Hall–Kier alpha value is -3.41. The Bertz CT molecular complexity index is 1100.